The van der Waals surface area contributed by atoms with Gasteiger partial charge in [0.1, 0.15) is 10.7 Å². The number of nitrogens with one attached hydrogen (secondary N) is 1. The monoisotopic (exact) mass is 286 g/mol. The second-order valence-corrected chi connectivity index (χ2v) is 5.08. The fraction of sp³-hybridized carbons (Fsp3) is 0. The average molecular weight is 286 g/mol. The highest BCUT2D eigenvalue weighted by atomic mass is 32.1. The Kier molecular flexibility index (Phi) is 3.35. The van der Waals surface area contributed by atoms with E-state index in [-0.39, 0.29) is 11.6 Å². The number of para-hydroxylation sites is 1. The molecule has 0 aliphatic heterocycles. The summed E-state index contributed by atoms with van der Waals surface area (Å²) in [6.45, 7) is 0. The van der Waals surface area contributed by atoms with Crippen LogP contribution < -0.4 is 5.32 Å². The van der Waals surface area contributed by atoms with E-state index in [0.29, 0.717) is 4.88 Å². The molecule has 0 aliphatic carbocycles. The first-order valence-corrected chi connectivity index (χ1v) is 6.90. The summed E-state index contributed by atoms with van der Waals surface area (Å²) in [6, 6.07) is 11.8. The maximum atomic E-state index is 13.5. The highest BCUT2D eigenvalue weighted by molar-refractivity contribution is 7.12. The largest absolute Gasteiger partial charge is 0.322 e. The van der Waals surface area contributed by atoms with Crippen molar-refractivity contribution in [2.24, 2.45) is 0 Å². The van der Waals surface area contributed by atoms with Gasteiger partial charge in [-0.15, -0.1) is 11.3 Å². The van der Waals surface area contributed by atoms with Crippen LogP contribution in [0.15, 0.2) is 60.2 Å². The molecule has 0 fully saturated rings. The van der Waals surface area contributed by atoms with Crippen molar-refractivity contribution < 1.29 is 9.18 Å². The van der Waals surface area contributed by atoms with E-state index in [0.717, 1.165) is 5.69 Å². The van der Waals surface area contributed by atoms with Crippen molar-refractivity contribution in [3.63, 3.8) is 0 Å². The van der Waals surface area contributed by atoms with Crippen molar-refractivity contribution >= 4 is 22.9 Å². The van der Waals surface area contributed by atoms with Crippen LogP contribution in [0.25, 0.3) is 5.69 Å². The summed E-state index contributed by atoms with van der Waals surface area (Å²) in [4.78, 5) is 12.8. The highest BCUT2D eigenvalue weighted by Crippen LogP contribution is 2.23. The van der Waals surface area contributed by atoms with Crippen molar-refractivity contribution in [2.75, 3.05) is 5.32 Å². The molecule has 0 aliphatic rings. The lowest BCUT2D eigenvalue weighted by atomic mass is 10.3. The second-order valence-electron chi connectivity index (χ2n) is 4.16. The summed E-state index contributed by atoms with van der Waals surface area (Å²) < 4.78 is 15.4. The minimum absolute atomic E-state index is 0.185. The van der Waals surface area contributed by atoms with Gasteiger partial charge in [0.25, 0.3) is 5.91 Å². The second kappa shape index (κ2) is 5.30. The van der Waals surface area contributed by atoms with Crippen molar-refractivity contribution in [2.45, 2.75) is 0 Å². The number of hydrogen-bond acceptors (Lipinski definition) is 2. The summed E-state index contributed by atoms with van der Waals surface area (Å²) in [5.74, 6) is -0.756. The fourth-order valence-electron chi connectivity index (χ4n) is 1.91. The number of thiophene rings is 1. The summed E-state index contributed by atoms with van der Waals surface area (Å²) in [6.07, 6.45) is 3.73. The van der Waals surface area contributed by atoms with Gasteiger partial charge in [-0.2, -0.15) is 0 Å². The number of carbonyl (C=O) groups is 1. The molecule has 0 bridgehead atoms. The van der Waals surface area contributed by atoms with Gasteiger partial charge in [-0.25, -0.2) is 4.39 Å². The fourth-order valence-corrected chi connectivity index (χ4v) is 2.70. The zero-order valence-electron chi connectivity index (χ0n) is 10.4. The van der Waals surface area contributed by atoms with Crippen LogP contribution in [0.4, 0.5) is 10.1 Å². The van der Waals surface area contributed by atoms with Crippen LogP contribution >= 0.6 is 11.3 Å². The molecule has 2 aromatic heterocycles. The molecule has 100 valence electrons. The third-order valence-electron chi connectivity index (χ3n) is 2.86. The first-order chi connectivity index (χ1) is 9.75. The molecule has 0 saturated carbocycles. The Balaban J connectivity index is 1.89. The number of benzene rings is 1. The van der Waals surface area contributed by atoms with E-state index in [4.69, 9.17) is 0 Å². The molecule has 1 amide bonds. The summed E-state index contributed by atoms with van der Waals surface area (Å²) in [5.41, 5.74) is 0.971. The Morgan fingerprint density at radius 1 is 1.10 bits per heavy atom. The van der Waals surface area contributed by atoms with Gasteiger partial charge in [-0.3, -0.25) is 4.79 Å². The number of carbonyl (C=O) groups excluding carboxylic acids is 1. The maximum Gasteiger partial charge on any atom is 0.267 e. The van der Waals surface area contributed by atoms with Gasteiger partial charge in [0, 0.05) is 12.4 Å². The first kappa shape index (κ1) is 12.6. The summed E-state index contributed by atoms with van der Waals surface area (Å²) in [7, 11) is 0. The average Bonchev–Trinajstić information content (AvgIpc) is 3.11. The van der Waals surface area contributed by atoms with Crippen molar-refractivity contribution in [3.8, 4) is 5.69 Å². The lowest BCUT2D eigenvalue weighted by molar-refractivity contribution is 0.103. The Bertz CT molecular complexity index is 734. The van der Waals surface area contributed by atoms with Crippen LogP contribution in [0, 0.1) is 5.82 Å². The molecule has 0 atom stereocenters. The number of aromatic nitrogens is 1. The number of rotatable bonds is 3. The van der Waals surface area contributed by atoms with Crippen LogP contribution in [0.1, 0.15) is 9.67 Å². The topological polar surface area (TPSA) is 34.0 Å². The standard InChI is InChI=1S/C15H11FN2OS/c16-11-5-1-2-6-12(11)17-15(19)14-13(7-10-20-14)18-8-3-4-9-18/h1-10H,(H,17,19). The smallest absolute Gasteiger partial charge is 0.267 e. The zero-order valence-corrected chi connectivity index (χ0v) is 11.2. The lowest BCUT2D eigenvalue weighted by Crippen LogP contribution is -2.13. The number of hydrogen-bond donors (Lipinski definition) is 1. The van der Waals surface area contributed by atoms with Gasteiger partial charge >= 0.3 is 0 Å². The predicted molar refractivity (Wildman–Crippen MR) is 78.0 cm³/mol. The number of halogens is 1. The van der Waals surface area contributed by atoms with Crippen molar-refractivity contribution in [1.82, 2.24) is 4.57 Å². The molecule has 0 spiro atoms. The molecule has 3 aromatic rings. The minimum atomic E-state index is -0.445. The molecule has 0 unspecified atom stereocenters. The normalized spacial score (nSPS) is 10.4. The van der Waals surface area contributed by atoms with Gasteiger partial charge in [0.15, 0.2) is 0 Å². The third-order valence-corrected chi connectivity index (χ3v) is 3.76. The quantitative estimate of drug-likeness (QED) is 0.777. The van der Waals surface area contributed by atoms with E-state index in [2.05, 4.69) is 5.32 Å². The Morgan fingerprint density at radius 2 is 1.85 bits per heavy atom. The Labute approximate surface area is 119 Å². The Hall–Kier alpha value is -2.40. The molecule has 20 heavy (non-hydrogen) atoms. The lowest BCUT2D eigenvalue weighted by Gasteiger charge is -2.07. The molecule has 1 N–H and O–H groups in total. The van der Waals surface area contributed by atoms with Crippen LogP contribution in [0.2, 0.25) is 0 Å². The van der Waals surface area contributed by atoms with E-state index < -0.39 is 5.82 Å². The molecule has 0 saturated heterocycles. The predicted octanol–water partition coefficient (Wildman–Crippen LogP) is 3.93. The van der Waals surface area contributed by atoms with E-state index in [9.17, 15) is 9.18 Å². The molecule has 1 aromatic carbocycles. The molecule has 3 nitrogen and oxygen atoms in total. The van der Waals surface area contributed by atoms with Gasteiger partial charge < -0.3 is 9.88 Å². The van der Waals surface area contributed by atoms with E-state index in [1.54, 1.807) is 12.1 Å². The highest BCUT2D eigenvalue weighted by Gasteiger charge is 2.15. The SMILES string of the molecule is O=C(Nc1ccccc1F)c1sccc1-n1cccc1. The third kappa shape index (κ3) is 2.35. The van der Waals surface area contributed by atoms with Crippen molar-refractivity contribution in [1.29, 1.82) is 0 Å². The van der Waals surface area contributed by atoms with Crippen LogP contribution in [-0.2, 0) is 0 Å². The molecular formula is C15H11FN2OS. The van der Waals surface area contributed by atoms with Crippen LogP contribution in [0.5, 0.6) is 0 Å². The first-order valence-electron chi connectivity index (χ1n) is 6.02. The van der Waals surface area contributed by atoms with E-state index >= 15 is 0 Å². The molecule has 2 heterocycles. The number of nitrogens with zero attached hydrogens (tertiary/aromatic N) is 1. The summed E-state index contributed by atoms with van der Waals surface area (Å²) in [5, 5.41) is 4.44. The van der Waals surface area contributed by atoms with Gasteiger partial charge in [0.2, 0.25) is 0 Å². The van der Waals surface area contributed by atoms with Crippen LogP contribution in [0.3, 0.4) is 0 Å². The summed E-state index contributed by atoms with van der Waals surface area (Å²) >= 11 is 1.33. The number of amides is 1. The maximum absolute atomic E-state index is 13.5. The minimum Gasteiger partial charge on any atom is -0.322 e. The van der Waals surface area contributed by atoms with E-state index in [1.807, 2.05) is 40.5 Å². The Morgan fingerprint density at radius 3 is 2.60 bits per heavy atom. The van der Waals surface area contributed by atoms with E-state index in [1.165, 1.54) is 23.5 Å². The molecule has 3 rings (SSSR count). The van der Waals surface area contributed by atoms with Gasteiger partial charge in [-0.05, 0) is 35.7 Å². The number of anilines is 1. The van der Waals surface area contributed by atoms with Gasteiger partial charge in [0.05, 0.1) is 11.4 Å². The molecule has 0 radical (unpaired) electrons. The molecule has 5 heteroatoms. The molecular weight excluding hydrogens is 275 g/mol. The van der Waals surface area contributed by atoms with Crippen molar-refractivity contribution in [3.05, 3.63) is 70.9 Å². The van der Waals surface area contributed by atoms with Gasteiger partial charge in [-0.1, -0.05) is 12.1 Å². The zero-order chi connectivity index (χ0) is 13.9. The van der Waals surface area contributed by atoms with Crippen LogP contribution in [-0.4, -0.2) is 10.5 Å².